The maximum Gasteiger partial charge on any atom is 0.295 e. The molecule has 0 saturated carbocycles. The number of ketones is 1. The predicted octanol–water partition coefficient (Wildman–Crippen LogP) is 5.70. The van der Waals surface area contributed by atoms with Gasteiger partial charge in [-0.15, -0.1) is 0 Å². The number of ether oxygens (including phenoxy) is 1. The van der Waals surface area contributed by atoms with Gasteiger partial charge in [0.25, 0.3) is 11.7 Å². The first kappa shape index (κ1) is 27.0. The number of hydrogen-bond donors (Lipinski definition) is 1. The van der Waals surface area contributed by atoms with Crippen LogP contribution in [0, 0.1) is 6.92 Å². The Kier molecular flexibility index (Phi) is 9.52. The fourth-order valence-electron chi connectivity index (χ4n) is 4.36. The number of benzene rings is 2. The second kappa shape index (κ2) is 12.4. The first-order chi connectivity index (χ1) is 16.8. The molecule has 1 atom stereocenters. The van der Waals surface area contributed by atoms with Crippen LogP contribution in [0.3, 0.4) is 0 Å². The van der Waals surface area contributed by atoms with E-state index in [4.69, 9.17) is 4.74 Å². The molecule has 1 aliphatic rings. The molecule has 0 spiro atoms. The van der Waals surface area contributed by atoms with Crippen molar-refractivity contribution in [1.82, 2.24) is 9.80 Å². The molecule has 1 N–H and O–H groups in total. The zero-order valence-corrected chi connectivity index (χ0v) is 22.6. The fourth-order valence-corrected chi connectivity index (χ4v) is 4.78. The topological polar surface area (TPSA) is 70.1 Å². The number of aryl methyl sites for hydroxylation is 1. The zero-order chi connectivity index (χ0) is 25.5. The van der Waals surface area contributed by atoms with Crippen LogP contribution in [-0.2, 0) is 9.59 Å². The van der Waals surface area contributed by atoms with Gasteiger partial charge in [0, 0.05) is 23.1 Å². The molecule has 0 aromatic heterocycles. The molecule has 0 radical (unpaired) electrons. The third-order valence-corrected chi connectivity index (χ3v) is 6.95. The molecular formula is C28H35BrN2O4. The Hall–Kier alpha value is -2.64. The molecule has 0 bridgehead atoms. The summed E-state index contributed by atoms with van der Waals surface area (Å²) in [5, 5.41) is 11.3. The first-order valence-corrected chi connectivity index (χ1v) is 13.1. The van der Waals surface area contributed by atoms with Crippen LogP contribution >= 0.6 is 15.9 Å². The minimum Gasteiger partial charge on any atom is -0.507 e. The third-order valence-electron chi connectivity index (χ3n) is 6.46. The highest BCUT2D eigenvalue weighted by Gasteiger charge is 2.46. The van der Waals surface area contributed by atoms with Crippen molar-refractivity contribution < 1.29 is 19.4 Å². The van der Waals surface area contributed by atoms with Gasteiger partial charge in [-0.3, -0.25) is 9.59 Å². The number of carbonyl (C=O) groups is 2. The monoisotopic (exact) mass is 542 g/mol. The van der Waals surface area contributed by atoms with Crippen LogP contribution in [-0.4, -0.2) is 59.4 Å². The summed E-state index contributed by atoms with van der Waals surface area (Å²) in [7, 11) is 0. The predicted molar refractivity (Wildman–Crippen MR) is 143 cm³/mol. The van der Waals surface area contributed by atoms with E-state index in [1.807, 2.05) is 37.3 Å². The molecule has 2 aromatic carbocycles. The largest absolute Gasteiger partial charge is 0.507 e. The molecule has 1 fully saturated rings. The number of amides is 1. The number of rotatable bonds is 11. The van der Waals surface area contributed by atoms with Crippen molar-refractivity contribution in [3.8, 4) is 5.75 Å². The van der Waals surface area contributed by atoms with E-state index in [1.165, 1.54) is 0 Å². The minimum atomic E-state index is -0.663. The molecule has 6 nitrogen and oxygen atoms in total. The molecular weight excluding hydrogens is 508 g/mol. The lowest BCUT2D eigenvalue weighted by molar-refractivity contribution is -0.140. The summed E-state index contributed by atoms with van der Waals surface area (Å²) in [6, 6.07) is 12.2. The van der Waals surface area contributed by atoms with Gasteiger partial charge in [0.05, 0.1) is 18.2 Å². The van der Waals surface area contributed by atoms with Crippen LogP contribution in [0.15, 0.2) is 52.5 Å². The summed E-state index contributed by atoms with van der Waals surface area (Å²) in [5.74, 6) is -0.659. The maximum absolute atomic E-state index is 13.3. The summed E-state index contributed by atoms with van der Waals surface area (Å²) in [6.07, 6.45) is 2.01. The Labute approximate surface area is 216 Å². The Morgan fingerprint density at radius 1 is 1.11 bits per heavy atom. The molecule has 3 rings (SSSR count). The van der Waals surface area contributed by atoms with Crippen molar-refractivity contribution in [1.29, 1.82) is 0 Å². The molecule has 2 aromatic rings. The van der Waals surface area contributed by atoms with E-state index in [2.05, 4.69) is 41.6 Å². The SMILES string of the molecule is CCCCOc1ccc(/C(O)=C2\C(=O)C(=O)N(CCN(CC)CC)[C@H]2c2cccc(Br)c2)cc1C. The number of halogens is 1. The van der Waals surface area contributed by atoms with Crippen molar-refractivity contribution in [2.75, 3.05) is 32.8 Å². The Balaban J connectivity index is 2.04. The van der Waals surface area contributed by atoms with Gasteiger partial charge in [0.2, 0.25) is 0 Å². The summed E-state index contributed by atoms with van der Waals surface area (Å²) < 4.78 is 6.68. The number of likely N-dealkylation sites (tertiary alicyclic amines) is 1. The van der Waals surface area contributed by atoms with Gasteiger partial charge in [-0.25, -0.2) is 0 Å². The molecule has 1 heterocycles. The number of Topliss-reactive ketones (excluding diaryl/α,β-unsaturated/α-hetero) is 1. The number of hydrogen-bond acceptors (Lipinski definition) is 5. The van der Waals surface area contributed by atoms with Crippen molar-refractivity contribution in [2.24, 2.45) is 0 Å². The number of likely N-dealkylation sites (N-methyl/N-ethyl adjacent to an activating group) is 1. The Morgan fingerprint density at radius 2 is 1.86 bits per heavy atom. The number of aliphatic hydroxyl groups is 1. The van der Waals surface area contributed by atoms with E-state index in [-0.39, 0.29) is 11.3 Å². The van der Waals surface area contributed by atoms with E-state index < -0.39 is 17.7 Å². The second-order valence-electron chi connectivity index (χ2n) is 8.76. The minimum absolute atomic E-state index is 0.117. The van der Waals surface area contributed by atoms with E-state index in [0.717, 1.165) is 47.3 Å². The quantitative estimate of drug-likeness (QED) is 0.171. The summed E-state index contributed by atoms with van der Waals surface area (Å²) in [5.41, 5.74) is 2.25. The molecule has 1 amide bonds. The molecule has 1 aliphatic heterocycles. The number of unbranched alkanes of at least 4 members (excludes halogenated alkanes) is 1. The number of nitrogens with zero attached hydrogens (tertiary/aromatic N) is 2. The molecule has 0 aliphatic carbocycles. The van der Waals surface area contributed by atoms with Crippen LogP contribution in [0.25, 0.3) is 5.76 Å². The third kappa shape index (κ3) is 6.14. The van der Waals surface area contributed by atoms with Crippen molar-refractivity contribution in [3.05, 3.63) is 69.2 Å². The van der Waals surface area contributed by atoms with Crippen molar-refractivity contribution >= 4 is 33.4 Å². The normalized spacial score (nSPS) is 17.4. The van der Waals surface area contributed by atoms with Gasteiger partial charge >= 0.3 is 0 Å². The van der Waals surface area contributed by atoms with Crippen LogP contribution in [0.5, 0.6) is 5.75 Å². The Morgan fingerprint density at radius 3 is 2.49 bits per heavy atom. The molecule has 35 heavy (non-hydrogen) atoms. The van der Waals surface area contributed by atoms with E-state index in [1.54, 1.807) is 17.0 Å². The standard InChI is InChI=1S/C28H35BrN2O4/c1-5-8-16-35-23-13-12-21(17-19(23)4)26(32)24-25(20-10-9-11-22(29)18-20)31(28(34)27(24)33)15-14-30(6-2)7-3/h9-13,17-18,25,32H,5-8,14-16H2,1-4H3/b26-24+/t25-/m0/s1. The first-order valence-electron chi connectivity index (χ1n) is 12.3. The molecule has 0 unspecified atom stereocenters. The highest BCUT2D eigenvalue weighted by molar-refractivity contribution is 9.10. The average Bonchev–Trinajstić information content (AvgIpc) is 3.10. The van der Waals surface area contributed by atoms with Gasteiger partial charge in [-0.1, -0.05) is 55.3 Å². The lowest BCUT2D eigenvalue weighted by Gasteiger charge is -2.28. The van der Waals surface area contributed by atoms with Gasteiger partial charge in [0.15, 0.2) is 0 Å². The van der Waals surface area contributed by atoms with Gasteiger partial charge in [-0.2, -0.15) is 0 Å². The molecule has 188 valence electrons. The lowest BCUT2D eigenvalue weighted by Crippen LogP contribution is -2.38. The number of carbonyl (C=O) groups excluding carboxylic acids is 2. The lowest BCUT2D eigenvalue weighted by atomic mass is 9.95. The van der Waals surface area contributed by atoms with E-state index in [0.29, 0.717) is 25.3 Å². The maximum atomic E-state index is 13.3. The van der Waals surface area contributed by atoms with E-state index in [9.17, 15) is 14.7 Å². The van der Waals surface area contributed by atoms with Crippen LogP contribution in [0.2, 0.25) is 0 Å². The van der Waals surface area contributed by atoms with E-state index >= 15 is 0 Å². The second-order valence-corrected chi connectivity index (χ2v) is 9.67. The smallest absolute Gasteiger partial charge is 0.295 e. The summed E-state index contributed by atoms with van der Waals surface area (Å²) in [6.45, 7) is 11.5. The van der Waals surface area contributed by atoms with Crippen LogP contribution < -0.4 is 4.74 Å². The zero-order valence-electron chi connectivity index (χ0n) is 21.0. The number of aliphatic hydroxyl groups excluding tert-OH is 1. The highest BCUT2D eigenvalue weighted by atomic mass is 79.9. The Bertz CT molecular complexity index is 1090. The average molecular weight is 544 g/mol. The van der Waals surface area contributed by atoms with Gasteiger partial charge in [0.1, 0.15) is 11.5 Å². The molecule has 7 heteroatoms. The highest BCUT2D eigenvalue weighted by Crippen LogP contribution is 2.40. The fraction of sp³-hybridized carbons (Fsp3) is 0.429. The van der Waals surface area contributed by atoms with Crippen molar-refractivity contribution in [3.63, 3.8) is 0 Å². The van der Waals surface area contributed by atoms with Crippen LogP contribution in [0.4, 0.5) is 0 Å². The van der Waals surface area contributed by atoms with Gasteiger partial charge in [-0.05, 0) is 67.9 Å². The summed E-state index contributed by atoms with van der Waals surface area (Å²) in [4.78, 5) is 30.2. The van der Waals surface area contributed by atoms with Gasteiger partial charge < -0.3 is 19.6 Å². The van der Waals surface area contributed by atoms with Crippen LogP contribution in [0.1, 0.15) is 56.3 Å². The molecule has 1 saturated heterocycles. The summed E-state index contributed by atoms with van der Waals surface area (Å²) >= 11 is 3.50. The van der Waals surface area contributed by atoms with Crippen molar-refractivity contribution in [2.45, 2.75) is 46.6 Å².